The largest absolute Gasteiger partial charge is 0.465 e. The second kappa shape index (κ2) is 10.2. The number of aromatic nitrogens is 4. The minimum absolute atomic E-state index is 0.346. The number of hydrogen-bond donors (Lipinski definition) is 2. The highest BCUT2D eigenvalue weighted by Gasteiger charge is 2.12. The fraction of sp³-hybridized carbons (Fsp3) is 0.185. The monoisotopic (exact) mass is 498 g/mol. The Labute approximate surface area is 212 Å². The Morgan fingerprint density at radius 3 is 2.78 bits per heavy atom. The van der Waals surface area contributed by atoms with Crippen LogP contribution >= 0.6 is 11.3 Å². The van der Waals surface area contributed by atoms with Crippen LogP contribution in [-0.2, 0) is 20.0 Å². The highest BCUT2D eigenvalue weighted by Crippen LogP contribution is 2.30. The molecule has 3 aromatic heterocycles. The molecule has 182 valence electrons. The standard InChI is InChI=1S/C27H26N6O2S/c1-32(27(34)35)15-20-5-3-4-6-24(20)21-11-23(36-17-21)9-10-28-26-25-12-18(22-14-30-33(2)16-22)7-8-19(25)13-29-31-26/h3-8,11-14,16-17H,9-10,15H2,1-2H3,(H,28,31)(H,34,35). The van der Waals surface area contributed by atoms with Gasteiger partial charge in [0.15, 0.2) is 5.82 Å². The molecule has 5 rings (SSSR count). The SMILES string of the molecule is CN(Cc1ccccc1-c1csc(CCNc2nncc3ccc(-c4cnn(C)c4)cc23)c1)C(=O)O. The second-order valence-electron chi connectivity index (χ2n) is 8.67. The first kappa shape index (κ1) is 23.5. The summed E-state index contributed by atoms with van der Waals surface area (Å²) in [6.45, 7) is 1.06. The number of aryl methyl sites for hydroxylation is 1. The van der Waals surface area contributed by atoms with E-state index < -0.39 is 6.09 Å². The average molecular weight is 499 g/mol. The molecule has 0 unspecified atom stereocenters. The zero-order valence-corrected chi connectivity index (χ0v) is 20.9. The van der Waals surface area contributed by atoms with E-state index in [4.69, 9.17) is 0 Å². The van der Waals surface area contributed by atoms with Crippen LogP contribution in [0.25, 0.3) is 33.0 Å². The maximum atomic E-state index is 11.3. The van der Waals surface area contributed by atoms with Crippen molar-refractivity contribution < 1.29 is 9.90 Å². The van der Waals surface area contributed by atoms with E-state index in [1.54, 1.807) is 29.3 Å². The topological polar surface area (TPSA) is 96.2 Å². The Kier molecular flexibility index (Phi) is 6.64. The highest BCUT2D eigenvalue weighted by molar-refractivity contribution is 7.10. The number of benzene rings is 2. The molecule has 36 heavy (non-hydrogen) atoms. The van der Waals surface area contributed by atoms with E-state index in [0.717, 1.165) is 50.8 Å². The lowest BCUT2D eigenvalue weighted by molar-refractivity contribution is 0.154. The molecule has 0 bridgehead atoms. The zero-order chi connectivity index (χ0) is 25.1. The Balaban J connectivity index is 1.29. The Hall–Kier alpha value is -4.24. The number of anilines is 1. The number of amides is 1. The van der Waals surface area contributed by atoms with Crippen LogP contribution in [0.4, 0.5) is 10.6 Å². The first-order valence-electron chi connectivity index (χ1n) is 11.6. The van der Waals surface area contributed by atoms with E-state index in [9.17, 15) is 9.90 Å². The number of carbonyl (C=O) groups is 1. The van der Waals surface area contributed by atoms with Gasteiger partial charge in [-0.1, -0.05) is 36.4 Å². The average Bonchev–Trinajstić information content (AvgIpc) is 3.53. The predicted molar refractivity (Wildman–Crippen MR) is 143 cm³/mol. The molecule has 0 fully saturated rings. The number of hydrogen-bond acceptors (Lipinski definition) is 6. The summed E-state index contributed by atoms with van der Waals surface area (Å²) in [6, 6.07) is 16.4. The molecule has 0 radical (unpaired) electrons. The summed E-state index contributed by atoms with van der Waals surface area (Å²) >= 11 is 1.70. The molecule has 0 aliphatic rings. The molecule has 8 nitrogen and oxygen atoms in total. The molecule has 3 heterocycles. The number of carboxylic acid groups (broad SMARTS) is 1. The lowest BCUT2D eigenvalue weighted by Gasteiger charge is -2.15. The van der Waals surface area contributed by atoms with E-state index in [-0.39, 0.29) is 0 Å². The van der Waals surface area contributed by atoms with Gasteiger partial charge in [-0.25, -0.2) is 4.79 Å². The minimum atomic E-state index is -0.939. The first-order valence-corrected chi connectivity index (χ1v) is 12.4. The van der Waals surface area contributed by atoms with Gasteiger partial charge in [-0.05, 0) is 46.2 Å². The maximum Gasteiger partial charge on any atom is 0.407 e. The van der Waals surface area contributed by atoms with Gasteiger partial charge in [0.05, 0.1) is 12.4 Å². The molecule has 1 amide bonds. The van der Waals surface area contributed by atoms with Crippen molar-refractivity contribution in [3.8, 4) is 22.3 Å². The molecule has 5 aromatic rings. The van der Waals surface area contributed by atoms with Gasteiger partial charge in [-0.2, -0.15) is 10.2 Å². The summed E-state index contributed by atoms with van der Waals surface area (Å²) in [5.41, 5.74) is 5.30. The van der Waals surface area contributed by atoms with E-state index >= 15 is 0 Å². The van der Waals surface area contributed by atoms with Gasteiger partial charge in [-0.15, -0.1) is 16.4 Å². The lowest BCUT2D eigenvalue weighted by Crippen LogP contribution is -2.24. The van der Waals surface area contributed by atoms with Crippen LogP contribution in [0.1, 0.15) is 10.4 Å². The van der Waals surface area contributed by atoms with Crippen LogP contribution in [-0.4, -0.2) is 49.7 Å². The van der Waals surface area contributed by atoms with Crippen LogP contribution in [0.5, 0.6) is 0 Å². The molecule has 2 N–H and O–H groups in total. The van der Waals surface area contributed by atoms with Gasteiger partial charge >= 0.3 is 6.09 Å². The molecule has 2 aromatic carbocycles. The third-order valence-corrected chi connectivity index (χ3v) is 7.08. The third kappa shape index (κ3) is 5.06. The molecule has 0 aliphatic heterocycles. The maximum absolute atomic E-state index is 11.3. The lowest BCUT2D eigenvalue weighted by atomic mass is 10.0. The summed E-state index contributed by atoms with van der Waals surface area (Å²) in [7, 11) is 3.49. The van der Waals surface area contributed by atoms with Gasteiger partial charge in [-0.3, -0.25) is 4.68 Å². The van der Waals surface area contributed by atoms with Gasteiger partial charge in [0.25, 0.3) is 0 Å². The Bertz CT molecular complexity index is 1530. The Morgan fingerprint density at radius 1 is 1.11 bits per heavy atom. The van der Waals surface area contributed by atoms with E-state index in [0.29, 0.717) is 13.1 Å². The van der Waals surface area contributed by atoms with Crippen LogP contribution in [0.2, 0.25) is 0 Å². The number of rotatable bonds is 8. The van der Waals surface area contributed by atoms with Crippen molar-refractivity contribution in [2.45, 2.75) is 13.0 Å². The van der Waals surface area contributed by atoms with Gasteiger partial charge < -0.3 is 15.3 Å². The Morgan fingerprint density at radius 2 is 1.97 bits per heavy atom. The molecule has 0 saturated carbocycles. The minimum Gasteiger partial charge on any atom is -0.465 e. The van der Waals surface area contributed by atoms with Gasteiger partial charge in [0.2, 0.25) is 0 Å². The van der Waals surface area contributed by atoms with Crippen molar-refractivity contribution in [2.24, 2.45) is 7.05 Å². The summed E-state index contributed by atoms with van der Waals surface area (Å²) in [5.74, 6) is 0.761. The van der Waals surface area contributed by atoms with Crippen molar-refractivity contribution >= 4 is 34.0 Å². The molecule has 9 heteroatoms. The van der Waals surface area contributed by atoms with Gasteiger partial charge in [0.1, 0.15) is 0 Å². The van der Waals surface area contributed by atoms with Crippen LogP contribution in [0.15, 0.2) is 72.5 Å². The van der Waals surface area contributed by atoms with Crippen LogP contribution in [0.3, 0.4) is 0 Å². The van der Waals surface area contributed by atoms with Crippen LogP contribution in [0, 0.1) is 0 Å². The number of thiophene rings is 1. The third-order valence-electron chi connectivity index (χ3n) is 6.08. The van der Waals surface area contributed by atoms with Crippen molar-refractivity contribution in [1.29, 1.82) is 0 Å². The summed E-state index contributed by atoms with van der Waals surface area (Å²) in [5, 5.41) is 29.7. The fourth-order valence-electron chi connectivity index (χ4n) is 4.18. The quantitative estimate of drug-likeness (QED) is 0.292. The van der Waals surface area contributed by atoms with E-state index in [1.165, 1.54) is 9.78 Å². The normalized spacial score (nSPS) is 11.1. The van der Waals surface area contributed by atoms with Crippen molar-refractivity contribution in [2.75, 3.05) is 18.9 Å². The summed E-state index contributed by atoms with van der Waals surface area (Å²) < 4.78 is 1.79. The van der Waals surface area contributed by atoms with Crippen molar-refractivity contribution in [1.82, 2.24) is 24.9 Å². The van der Waals surface area contributed by atoms with Crippen molar-refractivity contribution in [3.63, 3.8) is 0 Å². The molecule has 0 spiro atoms. The molecule has 0 aliphatic carbocycles. The molecule has 0 atom stereocenters. The van der Waals surface area contributed by atoms with Crippen LogP contribution < -0.4 is 5.32 Å². The number of nitrogens with one attached hydrogen (secondary N) is 1. The predicted octanol–water partition coefficient (Wildman–Crippen LogP) is 5.52. The summed E-state index contributed by atoms with van der Waals surface area (Å²) in [4.78, 5) is 13.8. The zero-order valence-electron chi connectivity index (χ0n) is 20.0. The van der Waals surface area contributed by atoms with E-state index in [2.05, 4.69) is 50.3 Å². The second-order valence-corrected chi connectivity index (χ2v) is 9.67. The van der Waals surface area contributed by atoms with E-state index in [1.807, 2.05) is 43.7 Å². The smallest absolute Gasteiger partial charge is 0.407 e. The molecule has 0 saturated heterocycles. The summed E-state index contributed by atoms with van der Waals surface area (Å²) in [6.07, 6.45) is 5.52. The van der Waals surface area contributed by atoms with Gasteiger partial charge in [0, 0.05) is 54.6 Å². The fourth-order valence-corrected chi connectivity index (χ4v) is 5.07. The molecular weight excluding hydrogens is 472 g/mol. The van der Waals surface area contributed by atoms with Crippen molar-refractivity contribution in [3.05, 3.63) is 82.9 Å². The highest BCUT2D eigenvalue weighted by atomic mass is 32.1. The first-order chi connectivity index (χ1) is 17.5. The molecular formula is C27H26N6O2S. The number of nitrogens with zero attached hydrogens (tertiary/aromatic N) is 5. The number of fused-ring (bicyclic) bond motifs is 1.